The molecule has 6 nitrogen and oxygen atoms in total. The van der Waals surface area contributed by atoms with Crippen LogP contribution in [-0.2, 0) is 16.0 Å². The molecule has 0 radical (unpaired) electrons. The van der Waals surface area contributed by atoms with Crippen LogP contribution in [0.5, 0.6) is 5.75 Å². The molecular formula is C16H21NO5. The molecule has 22 heavy (non-hydrogen) atoms. The van der Waals surface area contributed by atoms with Crippen LogP contribution >= 0.6 is 0 Å². The van der Waals surface area contributed by atoms with E-state index in [9.17, 15) is 14.7 Å². The van der Waals surface area contributed by atoms with Crippen LogP contribution in [0, 0.1) is 0 Å². The van der Waals surface area contributed by atoms with Gasteiger partial charge in [-0.15, -0.1) is 0 Å². The summed E-state index contributed by atoms with van der Waals surface area (Å²) in [5.41, 5.74) is 0.732. The Morgan fingerprint density at radius 3 is 2.55 bits per heavy atom. The molecule has 1 aromatic carbocycles. The van der Waals surface area contributed by atoms with Crippen LogP contribution in [0.15, 0.2) is 18.2 Å². The number of fused-ring (bicyclic) bond motifs is 1. The fourth-order valence-corrected chi connectivity index (χ4v) is 2.61. The zero-order chi connectivity index (χ0) is 16.5. The summed E-state index contributed by atoms with van der Waals surface area (Å²) < 4.78 is 10.6. The second-order valence-electron chi connectivity index (χ2n) is 6.19. The molecule has 120 valence electrons. The molecule has 1 heterocycles. The molecule has 1 N–H and O–H groups in total. The van der Waals surface area contributed by atoms with Crippen LogP contribution in [0.2, 0.25) is 0 Å². The van der Waals surface area contributed by atoms with Gasteiger partial charge in [0, 0.05) is 12.1 Å². The Morgan fingerprint density at radius 2 is 2.00 bits per heavy atom. The van der Waals surface area contributed by atoms with E-state index >= 15 is 0 Å². The number of methoxy groups -OCH3 is 1. The second kappa shape index (κ2) is 5.87. The molecule has 0 spiro atoms. The average molecular weight is 307 g/mol. The Balaban J connectivity index is 2.39. The lowest BCUT2D eigenvalue weighted by atomic mass is 9.92. The number of carboxylic acids is 1. The number of rotatable bonds is 2. The Labute approximate surface area is 129 Å². The number of benzene rings is 1. The highest BCUT2D eigenvalue weighted by Gasteiger charge is 2.39. The monoisotopic (exact) mass is 307 g/mol. The van der Waals surface area contributed by atoms with Gasteiger partial charge in [0.05, 0.1) is 7.11 Å². The standard InChI is InChI=1S/C16H21NO5/c1-16(2,3)22-15(20)17-9-8-10-11(13(17)14(18)19)6-5-7-12(10)21-4/h5-7,13H,8-9H2,1-4H3,(H,18,19)/t13-/m0/s1. The van der Waals surface area contributed by atoms with Crippen molar-refractivity contribution in [2.75, 3.05) is 13.7 Å². The first-order chi connectivity index (χ1) is 10.2. The molecule has 6 heteroatoms. The first-order valence-electron chi connectivity index (χ1n) is 7.13. The zero-order valence-electron chi connectivity index (χ0n) is 13.3. The molecule has 1 amide bonds. The minimum Gasteiger partial charge on any atom is -0.496 e. The van der Waals surface area contributed by atoms with Crippen molar-refractivity contribution in [2.45, 2.75) is 38.8 Å². The van der Waals surface area contributed by atoms with E-state index in [2.05, 4.69) is 0 Å². The van der Waals surface area contributed by atoms with Gasteiger partial charge in [-0.05, 0) is 38.8 Å². The van der Waals surface area contributed by atoms with Gasteiger partial charge < -0.3 is 14.6 Å². The van der Waals surface area contributed by atoms with E-state index < -0.39 is 23.7 Å². The van der Waals surface area contributed by atoms with Gasteiger partial charge in [0.15, 0.2) is 6.04 Å². The highest BCUT2D eigenvalue weighted by Crippen LogP contribution is 2.35. The van der Waals surface area contributed by atoms with Gasteiger partial charge in [0.1, 0.15) is 11.4 Å². The van der Waals surface area contributed by atoms with Gasteiger partial charge in [0.25, 0.3) is 0 Å². The molecule has 1 aliphatic heterocycles. The van der Waals surface area contributed by atoms with Crippen molar-refractivity contribution in [1.29, 1.82) is 0 Å². The molecule has 1 atom stereocenters. The Kier molecular flexibility index (Phi) is 4.30. The molecule has 0 saturated heterocycles. The number of carbonyl (C=O) groups excluding carboxylic acids is 1. The number of hydrogen-bond donors (Lipinski definition) is 1. The van der Waals surface area contributed by atoms with Crippen LogP contribution in [0.1, 0.15) is 37.9 Å². The van der Waals surface area contributed by atoms with Crippen molar-refractivity contribution < 1.29 is 24.2 Å². The van der Waals surface area contributed by atoms with Gasteiger partial charge in [-0.1, -0.05) is 12.1 Å². The van der Waals surface area contributed by atoms with Gasteiger partial charge >= 0.3 is 12.1 Å². The van der Waals surface area contributed by atoms with Crippen LogP contribution < -0.4 is 4.74 Å². The Bertz CT molecular complexity index is 591. The molecule has 2 rings (SSSR count). The van der Waals surface area contributed by atoms with Gasteiger partial charge in [0.2, 0.25) is 0 Å². The number of carbonyl (C=O) groups is 2. The lowest BCUT2D eigenvalue weighted by Crippen LogP contribution is -2.45. The first kappa shape index (κ1) is 16.1. The number of ether oxygens (including phenoxy) is 2. The maximum Gasteiger partial charge on any atom is 0.411 e. The summed E-state index contributed by atoms with van der Waals surface area (Å²) in [4.78, 5) is 25.3. The Hall–Kier alpha value is -2.24. The summed E-state index contributed by atoms with van der Waals surface area (Å²) in [5.74, 6) is -0.437. The van der Waals surface area contributed by atoms with E-state index in [1.54, 1.807) is 46.1 Å². The second-order valence-corrected chi connectivity index (χ2v) is 6.19. The summed E-state index contributed by atoms with van der Waals surface area (Å²) in [6.07, 6.45) is -0.0871. The van der Waals surface area contributed by atoms with E-state index in [-0.39, 0.29) is 6.54 Å². The number of carboxylic acid groups (broad SMARTS) is 1. The van der Waals surface area contributed by atoms with Gasteiger partial charge in [-0.25, -0.2) is 9.59 Å². The van der Waals surface area contributed by atoms with E-state index in [1.165, 1.54) is 4.90 Å². The maximum absolute atomic E-state index is 12.3. The average Bonchev–Trinajstić information content (AvgIpc) is 2.43. The fraction of sp³-hybridized carbons (Fsp3) is 0.500. The summed E-state index contributed by atoms with van der Waals surface area (Å²) in [5, 5.41) is 9.58. The smallest absolute Gasteiger partial charge is 0.411 e. The highest BCUT2D eigenvalue weighted by atomic mass is 16.6. The summed E-state index contributed by atoms with van der Waals surface area (Å²) in [6, 6.07) is 4.17. The molecule has 0 unspecified atom stereocenters. The third kappa shape index (κ3) is 3.16. The molecular weight excluding hydrogens is 286 g/mol. The van der Waals surface area contributed by atoms with E-state index in [1.807, 2.05) is 0 Å². The Morgan fingerprint density at radius 1 is 1.32 bits per heavy atom. The molecule has 0 aliphatic carbocycles. The van der Waals surface area contributed by atoms with Crippen molar-refractivity contribution in [3.63, 3.8) is 0 Å². The summed E-state index contributed by atoms with van der Waals surface area (Å²) in [7, 11) is 1.55. The predicted molar refractivity (Wildman–Crippen MR) is 80.0 cm³/mol. The third-order valence-electron chi connectivity index (χ3n) is 3.46. The van der Waals surface area contributed by atoms with Crippen LogP contribution in [0.3, 0.4) is 0 Å². The number of aliphatic carboxylic acids is 1. The van der Waals surface area contributed by atoms with E-state index in [0.717, 1.165) is 5.56 Å². The topological polar surface area (TPSA) is 76.1 Å². The van der Waals surface area contributed by atoms with Crippen molar-refractivity contribution in [3.05, 3.63) is 29.3 Å². The van der Waals surface area contributed by atoms with Crippen LogP contribution in [0.4, 0.5) is 4.79 Å². The zero-order valence-corrected chi connectivity index (χ0v) is 13.3. The van der Waals surface area contributed by atoms with Crippen LogP contribution in [-0.4, -0.2) is 41.3 Å². The van der Waals surface area contributed by atoms with Crippen molar-refractivity contribution in [1.82, 2.24) is 4.90 Å². The summed E-state index contributed by atoms with van der Waals surface area (Å²) >= 11 is 0. The first-order valence-corrected chi connectivity index (χ1v) is 7.13. The molecule has 0 saturated carbocycles. The van der Waals surface area contributed by atoms with E-state index in [0.29, 0.717) is 17.7 Å². The minimum absolute atomic E-state index is 0.277. The molecule has 0 fully saturated rings. The van der Waals surface area contributed by atoms with Crippen LogP contribution in [0.25, 0.3) is 0 Å². The number of amides is 1. The van der Waals surface area contributed by atoms with Gasteiger partial charge in [-0.3, -0.25) is 4.90 Å². The quantitative estimate of drug-likeness (QED) is 0.909. The highest BCUT2D eigenvalue weighted by molar-refractivity contribution is 5.83. The normalized spacial score (nSPS) is 17.6. The fourth-order valence-electron chi connectivity index (χ4n) is 2.61. The third-order valence-corrected chi connectivity index (χ3v) is 3.46. The van der Waals surface area contributed by atoms with Gasteiger partial charge in [-0.2, -0.15) is 0 Å². The lowest BCUT2D eigenvalue weighted by Gasteiger charge is -2.36. The SMILES string of the molecule is COc1cccc2c1CCN(C(=O)OC(C)(C)C)[C@@H]2C(=O)O. The van der Waals surface area contributed by atoms with E-state index in [4.69, 9.17) is 9.47 Å². The largest absolute Gasteiger partial charge is 0.496 e. The molecule has 1 aromatic rings. The van der Waals surface area contributed by atoms with Crippen molar-refractivity contribution in [2.24, 2.45) is 0 Å². The van der Waals surface area contributed by atoms with Crippen molar-refractivity contribution >= 4 is 12.1 Å². The van der Waals surface area contributed by atoms with Crippen molar-refractivity contribution in [3.8, 4) is 5.75 Å². The molecule has 0 aromatic heterocycles. The molecule has 1 aliphatic rings. The minimum atomic E-state index is -1.08. The lowest BCUT2D eigenvalue weighted by molar-refractivity contribution is -0.143. The number of hydrogen-bond acceptors (Lipinski definition) is 4. The number of nitrogens with zero attached hydrogens (tertiary/aromatic N) is 1. The maximum atomic E-state index is 12.3. The summed E-state index contributed by atoms with van der Waals surface area (Å²) in [6.45, 7) is 5.53. The predicted octanol–water partition coefficient (Wildman–Crippen LogP) is 2.61. The molecule has 0 bridgehead atoms.